The van der Waals surface area contributed by atoms with Crippen LogP contribution in [0.4, 0.5) is 0 Å². The van der Waals surface area contributed by atoms with Gasteiger partial charge in [0.05, 0.1) is 16.7 Å². The van der Waals surface area contributed by atoms with Gasteiger partial charge in [0.2, 0.25) is 0 Å². The van der Waals surface area contributed by atoms with Crippen molar-refractivity contribution < 1.29 is 0 Å². The molecular formula is C45H32N2. The van der Waals surface area contributed by atoms with E-state index in [2.05, 4.69) is 175 Å². The standard InChI is InChI=1S/C45H32N2/c1-2-43-46-40-21-11-13-23-42(40)47(43)41-22-12-10-20-38(41)45-36-19-9-8-18-35(36)44(34-25-24-31-16-6-7-17-32(31)28-34)37-27-26-33(29-39(37)45)30-14-4-3-5-15-30/h3-29H,2H2,1H3. The van der Waals surface area contributed by atoms with Crippen molar-refractivity contribution >= 4 is 43.4 Å². The molecule has 0 aliphatic carbocycles. The van der Waals surface area contributed by atoms with Crippen molar-refractivity contribution in [2.24, 2.45) is 0 Å². The third-order valence-corrected chi connectivity index (χ3v) is 9.53. The molecule has 2 heteroatoms. The summed E-state index contributed by atoms with van der Waals surface area (Å²) in [5, 5.41) is 7.47. The fourth-order valence-electron chi connectivity index (χ4n) is 7.40. The third kappa shape index (κ3) is 4.45. The Morgan fingerprint density at radius 2 is 1.13 bits per heavy atom. The highest BCUT2D eigenvalue weighted by Gasteiger charge is 2.21. The molecule has 8 aromatic carbocycles. The molecule has 2 nitrogen and oxygen atoms in total. The molecule has 1 heterocycles. The van der Waals surface area contributed by atoms with E-state index in [4.69, 9.17) is 4.98 Å². The summed E-state index contributed by atoms with van der Waals surface area (Å²) >= 11 is 0. The van der Waals surface area contributed by atoms with Crippen molar-refractivity contribution in [2.75, 3.05) is 0 Å². The van der Waals surface area contributed by atoms with E-state index in [9.17, 15) is 0 Å². The quantitative estimate of drug-likeness (QED) is 0.180. The van der Waals surface area contributed by atoms with Crippen LogP contribution in [-0.4, -0.2) is 9.55 Å². The lowest BCUT2D eigenvalue weighted by atomic mass is 9.84. The number of aryl methyl sites for hydroxylation is 1. The predicted octanol–water partition coefficient (Wildman–Crippen LogP) is 12.0. The van der Waals surface area contributed by atoms with Gasteiger partial charge in [0.15, 0.2) is 0 Å². The maximum absolute atomic E-state index is 5.06. The first-order chi connectivity index (χ1) is 23.3. The van der Waals surface area contributed by atoms with Gasteiger partial charge in [0.1, 0.15) is 5.82 Å². The van der Waals surface area contributed by atoms with Crippen LogP contribution in [0.2, 0.25) is 0 Å². The van der Waals surface area contributed by atoms with Crippen LogP contribution < -0.4 is 0 Å². The van der Waals surface area contributed by atoms with Gasteiger partial charge in [0.25, 0.3) is 0 Å². The molecule has 0 fully saturated rings. The zero-order valence-electron chi connectivity index (χ0n) is 26.2. The van der Waals surface area contributed by atoms with Crippen LogP contribution in [0.1, 0.15) is 12.7 Å². The topological polar surface area (TPSA) is 17.8 Å². The Hall–Kier alpha value is -5.99. The minimum Gasteiger partial charge on any atom is -0.296 e. The molecule has 0 spiro atoms. The highest BCUT2D eigenvalue weighted by atomic mass is 15.1. The molecule has 9 rings (SSSR count). The summed E-state index contributed by atoms with van der Waals surface area (Å²) < 4.78 is 2.36. The minimum absolute atomic E-state index is 0.837. The molecule has 0 saturated carbocycles. The van der Waals surface area contributed by atoms with Crippen molar-refractivity contribution in [3.63, 3.8) is 0 Å². The maximum atomic E-state index is 5.06. The van der Waals surface area contributed by atoms with Gasteiger partial charge in [-0.2, -0.15) is 0 Å². The van der Waals surface area contributed by atoms with Crippen LogP contribution in [0.25, 0.3) is 82.4 Å². The summed E-state index contributed by atoms with van der Waals surface area (Å²) in [6, 6.07) is 59.5. The van der Waals surface area contributed by atoms with Crippen molar-refractivity contribution in [3.8, 4) is 39.1 Å². The SMILES string of the molecule is CCc1nc2ccccc2n1-c1ccccc1-c1c2ccccc2c(-c2ccc3ccccc3c2)c2ccc(-c3ccccc3)cc12. The van der Waals surface area contributed by atoms with Crippen LogP contribution >= 0.6 is 0 Å². The molecule has 0 bridgehead atoms. The zero-order chi connectivity index (χ0) is 31.3. The predicted molar refractivity (Wildman–Crippen MR) is 199 cm³/mol. The van der Waals surface area contributed by atoms with Gasteiger partial charge in [-0.15, -0.1) is 0 Å². The van der Waals surface area contributed by atoms with Crippen LogP contribution in [0.5, 0.6) is 0 Å². The Morgan fingerprint density at radius 1 is 0.468 bits per heavy atom. The number of nitrogens with zero attached hydrogens (tertiary/aromatic N) is 2. The molecule has 1 aromatic heterocycles. The molecule has 47 heavy (non-hydrogen) atoms. The van der Waals surface area contributed by atoms with E-state index in [0.717, 1.165) is 29.0 Å². The fraction of sp³-hybridized carbons (Fsp3) is 0.0444. The zero-order valence-corrected chi connectivity index (χ0v) is 26.2. The molecule has 0 amide bonds. The first-order valence-corrected chi connectivity index (χ1v) is 16.4. The molecule has 0 unspecified atom stereocenters. The lowest BCUT2D eigenvalue weighted by molar-refractivity contribution is 0.909. The van der Waals surface area contributed by atoms with Gasteiger partial charge in [-0.3, -0.25) is 4.57 Å². The smallest absolute Gasteiger partial charge is 0.114 e. The molecule has 0 atom stereocenters. The van der Waals surface area contributed by atoms with Crippen LogP contribution in [0.15, 0.2) is 164 Å². The summed E-state index contributed by atoms with van der Waals surface area (Å²) in [5.41, 5.74) is 10.6. The number of imidazole rings is 1. The van der Waals surface area contributed by atoms with Crippen LogP contribution in [0.3, 0.4) is 0 Å². The number of fused-ring (bicyclic) bond motifs is 4. The van der Waals surface area contributed by atoms with Crippen molar-refractivity contribution in [1.29, 1.82) is 0 Å². The van der Waals surface area contributed by atoms with E-state index in [1.807, 2.05) is 0 Å². The first-order valence-electron chi connectivity index (χ1n) is 16.4. The largest absolute Gasteiger partial charge is 0.296 e. The second-order valence-electron chi connectivity index (χ2n) is 12.2. The minimum atomic E-state index is 0.837. The molecule has 0 saturated heterocycles. The highest BCUT2D eigenvalue weighted by Crippen LogP contribution is 2.46. The summed E-state index contributed by atoms with van der Waals surface area (Å²) in [5.74, 6) is 1.06. The Morgan fingerprint density at radius 3 is 1.98 bits per heavy atom. The Labute approximate surface area is 274 Å². The summed E-state index contributed by atoms with van der Waals surface area (Å²) in [4.78, 5) is 5.06. The van der Waals surface area contributed by atoms with E-state index in [1.165, 1.54) is 65.7 Å². The number of hydrogen-bond donors (Lipinski definition) is 0. The average molecular weight is 601 g/mol. The fourth-order valence-corrected chi connectivity index (χ4v) is 7.40. The molecule has 222 valence electrons. The van der Waals surface area contributed by atoms with Gasteiger partial charge >= 0.3 is 0 Å². The van der Waals surface area contributed by atoms with Gasteiger partial charge in [-0.05, 0) is 90.5 Å². The summed E-state index contributed by atoms with van der Waals surface area (Å²) in [6.45, 7) is 2.19. The first kappa shape index (κ1) is 27.3. The molecular weight excluding hydrogens is 569 g/mol. The number of hydrogen-bond acceptors (Lipinski definition) is 1. The van der Waals surface area contributed by atoms with Gasteiger partial charge in [-0.25, -0.2) is 4.98 Å². The molecule has 0 aliphatic rings. The van der Waals surface area contributed by atoms with Gasteiger partial charge < -0.3 is 0 Å². The number of benzene rings is 8. The summed E-state index contributed by atoms with van der Waals surface area (Å²) in [6.07, 6.45) is 0.837. The van der Waals surface area contributed by atoms with Gasteiger partial charge in [-0.1, -0.05) is 140 Å². The number of rotatable bonds is 5. The van der Waals surface area contributed by atoms with Crippen LogP contribution in [0, 0.1) is 0 Å². The van der Waals surface area contributed by atoms with Gasteiger partial charge in [0, 0.05) is 12.0 Å². The van der Waals surface area contributed by atoms with E-state index in [1.54, 1.807) is 0 Å². The normalized spacial score (nSPS) is 11.6. The van der Waals surface area contributed by atoms with Crippen molar-refractivity contribution in [3.05, 3.63) is 170 Å². The Kier molecular flexibility index (Phi) is 6.46. The average Bonchev–Trinajstić information content (AvgIpc) is 3.52. The Bertz CT molecular complexity index is 2610. The van der Waals surface area contributed by atoms with Crippen molar-refractivity contribution in [2.45, 2.75) is 13.3 Å². The van der Waals surface area contributed by atoms with Crippen molar-refractivity contribution in [1.82, 2.24) is 9.55 Å². The van der Waals surface area contributed by atoms with E-state index in [0.29, 0.717) is 0 Å². The number of para-hydroxylation sites is 3. The van der Waals surface area contributed by atoms with E-state index >= 15 is 0 Å². The lowest BCUT2D eigenvalue weighted by Crippen LogP contribution is -2.03. The van der Waals surface area contributed by atoms with Crippen LogP contribution in [-0.2, 0) is 6.42 Å². The number of aromatic nitrogens is 2. The highest BCUT2D eigenvalue weighted by molar-refractivity contribution is 6.23. The Balaban J connectivity index is 1.43. The lowest BCUT2D eigenvalue weighted by Gasteiger charge is -2.21. The second kappa shape index (κ2) is 11.1. The maximum Gasteiger partial charge on any atom is 0.114 e. The van der Waals surface area contributed by atoms with E-state index < -0.39 is 0 Å². The molecule has 0 N–H and O–H groups in total. The molecule has 9 aromatic rings. The second-order valence-corrected chi connectivity index (χ2v) is 12.2. The third-order valence-electron chi connectivity index (χ3n) is 9.53. The molecule has 0 aliphatic heterocycles. The monoisotopic (exact) mass is 600 g/mol. The molecule has 0 radical (unpaired) electrons. The summed E-state index contributed by atoms with van der Waals surface area (Å²) in [7, 11) is 0. The van der Waals surface area contributed by atoms with E-state index in [-0.39, 0.29) is 0 Å².